The van der Waals surface area contributed by atoms with Crippen LogP contribution in [0.2, 0.25) is 0 Å². The molecule has 3 rings (SSSR count). The summed E-state index contributed by atoms with van der Waals surface area (Å²) in [6, 6.07) is 17.9. The molecule has 0 saturated carbocycles. The Balaban J connectivity index is 0.00000533. The molecule has 0 atom stereocenters. The molecule has 0 bridgehead atoms. The fourth-order valence-electron chi connectivity index (χ4n) is 5.73. The van der Waals surface area contributed by atoms with Crippen molar-refractivity contribution in [3.8, 4) is 0 Å². The Hall–Kier alpha value is -1.82. The van der Waals surface area contributed by atoms with Crippen LogP contribution in [0.1, 0.15) is 140 Å². The van der Waals surface area contributed by atoms with Crippen LogP contribution in [-0.2, 0) is 33.3 Å². The van der Waals surface area contributed by atoms with Crippen LogP contribution in [0, 0.1) is 0 Å². The average molecular weight is 619 g/mol. The number of hydrogen-bond donors (Lipinski definition) is 0. The molecule has 1 aliphatic rings. The second kappa shape index (κ2) is 18.5. The fraction of sp³-hybridized carbons (Fsp3) is 0.556. The number of nitrogens with zero attached hydrogens (tertiary/aromatic N) is 2. The quantitative estimate of drug-likeness (QED) is 0.0902. The van der Waals surface area contributed by atoms with Gasteiger partial charge >= 0.3 is 0 Å². The Labute approximate surface area is 253 Å². The standard InChI is InChI=1S/C36H52N2.Pd/c1-5-9-13-14-15-16-20-30-22-18-24-32(28-30)36-34(26-12-8-4)33(25-11-7-3)35(38(36)37)31-23-17-21-29(27-31)19-10-6-2;/h17-18,21-24,27-28H,5-16,19-20,25-26H2,1-4H3;. The predicted molar refractivity (Wildman–Crippen MR) is 165 cm³/mol. The first kappa shape index (κ1) is 33.4. The van der Waals surface area contributed by atoms with Crippen molar-refractivity contribution in [2.45, 2.75) is 130 Å². The van der Waals surface area contributed by atoms with Gasteiger partial charge in [0.15, 0.2) is 0 Å². The van der Waals surface area contributed by atoms with E-state index in [1.807, 2.05) is 0 Å². The van der Waals surface area contributed by atoms with Gasteiger partial charge in [-0.15, -0.1) is 0 Å². The first-order valence-corrected chi connectivity index (χ1v) is 15.8. The number of aryl methyl sites for hydroxylation is 2. The van der Waals surface area contributed by atoms with E-state index in [1.54, 1.807) is 4.70 Å². The van der Waals surface area contributed by atoms with Crippen molar-refractivity contribution in [1.29, 1.82) is 0 Å². The molecule has 2 aromatic rings. The molecule has 0 aliphatic carbocycles. The first-order valence-electron chi connectivity index (χ1n) is 15.8. The van der Waals surface area contributed by atoms with E-state index in [0.29, 0.717) is 0 Å². The van der Waals surface area contributed by atoms with E-state index in [2.05, 4.69) is 76.2 Å². The molecule has 216 valence electrons. The zero-order chi connectivity index (χ0) is 27.2. The molecule has 0 saturated heterocycles. The minimum Gasteiger partial charge on any atom is -0.493 e. The van der Waals surface area contributed by atoms with E-state index in [4.69, 9.17) is 0 Å². The maximum Gasteiger partial charge on any atom is 0.211 e. The van der Waals surface area contributed by atoms with Crippen LogP contribution >= 0.6 is 0 Å². The predicted octanol–water partition coefficient (Wildman–Crippen LogP) is 11.5. The van der Waals surface area contributed by atoms with Crippen LogP contribution in [0.3, 0.4) is 0 Å². The van der Waals surface area contributed by atoms with Gasteiger partial charge in [-0.25, -0.2) is 4.70 Å². The van der Waals surface area contributed by atoms with E-state index < -0.39 is 0 Å². The molecule has 2 nitrogen and oxygen atoms in total. The molecular weight excluding hydrogens is 567 g/mol. The Morgan fingerprint density at radius 1 is 0.513 bits per heavy atom. The van der Waals surface area contributed by atoms with Crippen LogP contribution in [0.15, 0.2) is 59.7 Å². The molecule has 0 radical (unpaired) electrons. The van der Waals surface area contributed by atoms with Gasteiger partial charge < -0.3 is 5.53 Å². The van der Waals surface area contributed by atoms with Crippen molar-refractivity contribution in [2.24, 2.45) is 0 Å². The van der Waals surface area contributed by atoms with Gasteiger partial charge in [0, 0.05) is 42.7 Å². The summed E-state index contributed by atoms with van der Waals surface area (Å²) in [5.74, 6) is 0. The van der Waals surface area contributed by atoms with Crippen molar-refractivity contribution < 1.29 is 25.1 Å². The summed E-state index contributed by atoms with van der Waals surface area (Å²) < 4.78 is 1.55. The summed E-state index contributed by atoms with van der Waals surface area (Å²) in [5.41, 5.74) is 21.7. The monoisotopic (exact) mass is 618 g/mol. The van der Waals surface area contributed by atoms with Gasteiger partial charge in [0.05, 0.1) is 0 Å². The number of rotatable bonds is 18. The van der Waals surface area contributed by atoms with Gasteiger partial charge in [0.1, 0.15) is 0 Å². The third-order valence-electron chi connectivity index (χ3n) is 7.96. The number of hydrogen-bond acceptors (Lipinski definition) is 0. The van der Waals surface area contributed by atoms with Crippen molar-refractivity contribution in [3.63, 3.8) is 0 Å². The third kappa shape index (κ3) is 9.65. The largest absolute Gasteiger partial charge is 0.493 e. The number of benzene rings is 2. The average Bonchev–Trinajstić information content (AvgIpc) is 3.22. The zero-order valence-corrected chi connectivity index (χ0v) is 26.7. The van der Waals surface area contributed by atoms with Crippen LogP contribution in [0.25, 0.3) is 16.9 Å². The Morgan fingerprint density at radius 2 is 0.923 bits per heavy atom. The van der Waals surface area contributed by atoms with Crippen LogP contribution in [0.4, 0.5) is 0 Å². The van der Waals surface area contributed by atoms with Gasteiger partial charge in [-0.3, -0.25) is 0 Å². The van der Waals surface area contributed by atoms with Gasteiger partial charge in [0.25, 0.3) is 0 Å². The summed E-state index contributed by atoms with van der Waals surface area (Å²) in [6.07, 6.45) is 19.1. The second-order valence-corrected chi connectivity index (χ2v) is 11.2. The van der Waals surface area contributed by atoms with Gasteiger partial charge in [0.2, 0.25) is 11.4 Å². The summed E-state index contributed by atoms with van der Waals surface area (Å²) in [4.78, 5) is 0. The van der Waals surface area contributed by atoms with Gasteiger partial charge in [-0.05, 0) is 86.8 Å². The Kier molecular flexibility index (Phi) is 15.9. The SMILES string of the molecule is CCCCCCCCc1cccc(C2=C(CCCC)C(CCCC)=C(c3cccc(CCCC)c3)[N+]2=[N-])c1.[Pd]. The number of allylic oxidation sites excluding steroid dienone is 2. The fourth-order valence-corrected chi connectivity index (χ4v) is 5.73. The molecule has 1 heterocycles. The molecule has 0 amide bonds. The molecule has 0 aromatic heterocycles. The van der Waals surface area contributed by atoms with Crippen molar-refractivity contribution in [1.82, 2.24) is 0 Å². The molecule has 0 fully saturated rings. The molecule has 39 heavy (non-hydrogen) atoms. The third-order valence-corrected chi connectivity index (χ3v) is 7.96. The maximum atomic E-state index is 11.9. The number of unbranched alkanes of at least 4 members (excludes halogenated alkanes) is 8. The smallest absolute Gasteiger partial charge is 0.211 e. The van der Waals surface area contributed by atoms with Crippen molar-refractivity contribution >= 4 is 11.4 Å². The minimum atomic E-state index is 0. The van der Waals surface area contributed by atoms with Gasteiger partial charge in [-0.1, -0.05) is 103 Å². The van der Waals surface area contributed by atoms with Crippen LogP contribution in [0.5, 0.6) is 0 Å². The van der Waals surface area contributed by atoms with E-state index in [1.165, 1.54) is 73.6 Å². The van der Waals surface area contributed by atoms with Crippen LogP contribution in [-0.4, -0.2) is 4.70 Å². The summed E-state index contributed by atoms with van der Waals surface area (Å²) in [7, 11) is 0. The Morgan fingerprint density at radius 3 is 1.41 bits per heavy atom. The van der Waals surface area contributed by atoms with E-state index >= 15 is 0 Å². The van der Waals surface area contributed by atoms with E-state index in [0.717, 1.165) is 73.9 Å². The molecule has 0 spiro atoms. The summed E-state index contributed by atoms with van der Waals surface area (Å²) >= 11 is 0. The van der Waals surface area contributed by atoms with Crippen molar-refractivity contribution in [3.05, 3.63) is 87.5 Å². The summed E-state index contributed by atoms with van der Waals surface area (Å²) in [5, 5.41) is 0. The zero-order valence-electron chi connectivity index (χ0n) is 25.1. The molecule has 0 N–H and O–H groups in total. The molecule has 3 heteroatoms. The topological polar surface area (TPSA) is 25.3 Å². The van der Waals surface area contributed by atoms with E-state index in [-0.39, 0.29) is 20.4 Å². The first-order chi connectivity index (χ1) is 18.6. The van der Waals surface area contributed by atoms with Crippen molar-refractivity contribution in [2.75, 3.05) is 0 Å². The van der Waals surface area contributed by atoms with E-state index in [9.17, 15) is 5.53 Å². The van der Waals surface area contributed by atoms with Crippen LogP contribution < -0.4 is 0 Å². The normalized spacial score (nSPS) is 13.4. The minimum absolute atomic E-state index is 0. The second-order valence-electron chi connectivity index (χ2n) is 11.2. The molecule has 1 aliphatic heterocycles. The maximum absolute atomic E-state index is 11.9. The molecule has 2 aromatic carbocycles. The molecular formula is C36H52N2Pd. The molecule has 0 unspecified atom stereocenters. The Bertz CT molecular complexity index is 1090. The van der Waals surface area contributed by atoms with Gasteiger partial charge in [-0.2, -0.15) is 0 Å². The summed E-state index contributed by atoms with van der Waals surface area (Å²) in [6.45, 7) is 9.05.